The highest BCUT2D eigenvalue weighted by Gasteiger charge is 2.38. The van der Waals surface area contributed by atoms with Crippen molar-refractivity contribution < 1.29 is 9.59 Å². The van der Waals surface area contributed by atoms with Crippen molar-refractivity contribution in [2.45, 2.75) is 0 Å². The number of hydrogen-bond donors (Lipinski definition) is 2. The summed E-state index contributed by atoms with van der Waals surface area (Å²) >= 11 is 5.84. The molecule has 100 valence electrons. The average Bonchev–Trinajstić information content (AvgIpc) is 2.67. The van der Waals surface area contributed by atoms with Crippen LogP contribution in [0.1, 0.15) is 20.7 Å². The molecule has 0 spiro atoms. The van der Waals surface area contributed by atoms with E-state index in [-0.39, 0.29) is 11.3 Å². The van der Waals surface area contributed by atoms with E-state index in [1.54, 1.807) is 30.3 Å². The molecule has 0 aliphatic carbocycles. The summed E-state index contributed by atoms with van der Waals surface area (Å²) in [5.41, 5.74) is 13.0. The van der Waals surface area contributed by atoms with Crippen LogP contribution >= 0.6 is 11.6 Å². The topological polar surface area (TPSA) is 89.4 Å². The number of nitrogens with zero attached hydrogens (tertiary/aromatic N) is 1. The van der Waals surface area contributed by atoms with E-state index < -0.39 is 11.8 Å². The molecule has 4 N–H and O–H groups in total. The minimum atomic E-state index is -0.454. The molecule has 0 saturated heterocycles. The number of fused-ring (bicyclic) bond motifs is 1. The van der Waals surface area contributed by atoms with Crippen molar-refractivity contribution in [3.63, 3.8) is 0 Å². The Balaban J connectivity index is 2.14. The van der Waals surface area contributed by atoms with Crippen molar-refractivity contribution in [1.29, 1.82) is 0 Å². The molecule has 2 aromatic carbocycles. The van der Waals surface area contributed by atoms with E-state index in [0.717, 1.165) is 4.90 Å². The third kappa shape index (κ3) is 1.64. The summed E-state index contributed by atoms with van der Waals surface area (Å²) in [4.78, 5) is 25.8. The van der Waals surface area contributed by atoms with Crippen molar-refractivity contribution in [3.8, 4) is 0 Å². The van der Waals surface area contributed by atoms with Gasteiger partial charge in [0, 0.05) is 5.69 Å². The Morgan fingerprint density at radius 1 is 0.950 bits per heavy atom. The lowest BCUT2D eigenvalue weighted by molar-refractivity contribution is 0.0926. The summed E-state index contributed by atoms with van der Waals surface area (Å²) in [6, 6.07) is 9.39. The van der Waals surface area contributed by atoms with E-state index in [4.69, 9.17) is 23.1 Å². The van der Waals surface area contributed by atoms with Crippen LogP contribution in [0, 0.1) is 0 Å². The van der Waals surface area contributed by atoms with Crippen LogP contribution in [-0.2, 0) is 0 Å². The number of imide groups is 1. The fourth-order valence-electron chi connectivity index (χ4n) is 2.22. The summed E-state index contributed by atoms with van der Waals surface area (Å²) < 4.78 is 0. The van der Waals surface area contributed by atoms with Gasteiger partial charge in [0.25, 0.3) is 11.8 Å². The predicted octanol–water partition coefficient (Wildman–Crippen LogP) is 2.31. The van der Waals surface area contributed by atoms with Crippen molar-refractivity contribution >= 4 is 40.5 Å². The van der Waals surface area contributed by atoms with Crippen molar-refractivity contribution in [2.75, 3.05) is 16.4 Å². The number of rotatable bonds is 1. The van der Waals surface area contributed by atoms with Crippen LogP contribution in [0.3, 0.4) is 0 Å². The first kappa shape index (κ1) is 12.5. The van der Waals surface area contributed by atoms with Gasteiger partial charge in [-0.3, -0.25) is 9.59 Å². The summed E-state index contributed by atoms with van der Waals surface area (Å²) in [6.07, 6.45) is 0. The Morgan fingerprint density at radius 2 is 1.70 bits per heavy atom. The van der Waals surface area contributed by atoms with Crippen LogP contribution in [0.15, 0.2) is 36.4 Å². The second-order valence-corrected chi connectivity index (χ2v) is 4.83. The second kappa shape index (κ2) is 4.25. The number of carbonyl (C=O) groups excluding carboxylic acids is 2. The fourth-order valence-corrected chi connectivity index (χ4v) is 2.33. The number of halogens is 1. The van der Waals surface area contributed by atoms with Gasteiger partial charge >= 0.3 is 0 Å². The summed E-state index contributed by atoms with van der Waals surface area (Å²) in [5, 5.41) is 0.366. The van der Waals surface area contributed by atoms with Gasteiger partial charge in [-0.1, -0.05) is 17.7 Å². The Bertz CT molecular complexity index is 758. The third-order valence-electron chi connectivity index (χ3n) is 3.18. The molecule has 5 nitrogen and oxygen atoms in total. The number of nitrogens with two attached hydrogens (primary N) is 2. The largest absolute Gasteiger partial charge is 0.398 e. The number of benzene rings is 2. The van der Waals surface area contributed by atoms with Crippen LogP contribution in [0.4, 0.5) is 17.1 Å². The lowest BCUT2D eigenvalue weighted by Gasteiger charge is -2.14. The molecule has 1 heterocycles. The molecule has 0 bridgehead atoms. The minimum absolute atomic E-state index is 0.228. The van der Waals surface area contributed by atoms with Gasteiger partial charge in [0.05, 0.1) is 27.5 Å². The zero-order valence-electron chi connectivity index (χ0n) is 10.3. The van der Waals surface area contributed by atoms with Crippen LogP contribution in [0.25, 0.3) is 0 Å². The molecule has 0 radical (unpaired) electrons. The van der Waals surface area contributed by atoms with Gasteiger partial charge in [-0.15, -0.1) is 0 Å². The molecule has 2 aromatic rings. The van der Waals surface area contributed by atoms with Gasteiger partial charge in [0.1, 0.15) is 0 Å². The average molecular weight is 288 g/mol. The van der Waals surface area contributed by atoms with Crippen molar-refractivity contribution in [3.05, 3.63) is 52.5 Å². The third-order valence-corrected chi connectivity index (χ3v) is 3.53. The number of carbonyl (C=O) groups is 2. The smallest absolute Gasteiger partial charge is 0.268 e. The maximum Gasteiger partial charge on any atom is 0.268 e. The van der Waals surface area contributed by atoms with E-state index in [0.29, 0.717) is 22.0 Å². The first-order valence-electron chi connectivity index (χ1n) is 5.83. The molecular weight excluding hydrogens is 278 g/mol. The molecule has 2 amide bonds. The van der Waals surface area contributed by atoms with Crippen LogP contribution < -0.4 is 16.4 Å². The number of hydrogen-bond acceptors (Lipinski definition) is 4. The molecular formula is C14H10ClN3O2. The Morgan fingerprint density at radius 3 is 2.35 bits per heavy atom. The normalized spacial score (nSPS) is 13.8. The summed E-state index contributed by atoms with van der Waals surface area (Å²) in [5.74, 6) is -0.871. The number of nitrogen functional groups attached to an aromatic ring is 2. The lowest BCUT2D eigenvalue weighted by atomic mass is 10.1. The molecule has 0 fully saturated rings. The Kier molecular flexibility index (Phi) is 2.65. The predicted molar refractivity (Wildman–Crippen MR) is 77.9 cm³/mol. The Labute approximate surface area is 119 Å². The molecule has 6 heteroatoms. The molecule has 0 unspecified atom stereocenters. The van der Waals surface area contributed by atoms with E-state index in [1.165, 1.54) is 6.07 Å². The zero-order chi connectivity index (χ0) is 14.4. The fraction of sp³-hybridized carbons (Fsp3) is 0. The van der Waals surface area contributed by atoms with Crippen molar-refractivity contribution in [2.24, 2.45) is 0 Å². The summed E-state index contributed by atoms with van der Waals surface area (Å²) in [7, 11) is 0. The van der Waals surface area contributed by atoms with E-state index in [9.17, 15) is 9.59 Å². The van der Waals surface area contributed by atoms with E-state index in [2.05, 4.69) is 0 Å². The second-order valence-electron chi connectivity index (χ2n) is 4.42. The molecule has 0 atom stereocenters. The first-order valence-corrected chi connectivity index (χ1v) is 6.21. The quantitative estimate of drug-likeness (QED) is 0.622. The highest BCUT2D eigenvalue weighted by Crippen LogP contribution is 2.33. The minimum Gasteiger partial charge on any atom is -0.398 e. The molecule has 1 aliphatic heterocycles. The van der Waals surface area contributed by atoms with Crippen LogP contribution in [-0.4, -0.2) is 11.8 Å². The van der Waals surface area contributed by atoms with Gasteiger partial charge < -0.3 is 11.5 Å². The van der Waals surface area contributed by atoms with Crippen molar-refractivity contribution in [1.82, 2.24) is 0 Å². The van der Waals surface area contributed by atoms with E-state index in [1.807, 2.05) is 0 Å². The van der Waals surface area contributed by atoms with Gasteiger partial charge in [-0.05, 0) is 30.3 Å². The Hall–Kier alpha value is -2.53. The number of amides is 2. The summed E-state index contributed by atoms with van der Waals surface area (Å²) in [6.45, 7) is 0. The molecule has 20 heavy (non-hydrogen) atoms. The molecule has 3 rings (SSSR count). The highest BCUT2D eigenvalue weighted by molar-refractivity contribution is 6.36. The monoisotopic (exact) mass is 287 g/mol. The maximum absolute atomic E-state index is 12.4. The maximum atomic E-state index is 12.4. The van der Waals surface area contributed by atoms with Gasteiger partial charge in [0.15, 0.2) is 0 Å². The van der Waals surface area contributed by atoms with Gasteiger partial charge in [-0.25, -0.2) is 4.90 Å². The lowest BCUT2D eigenvalue weighted by Crippen LogP contribution is -2.29. The van der Waals surface area contributed by atoms with Gasteiger partial charge in [-0.2, -0.15) is 0 Å². The SMILES string of the molecule is Nc1cc(N2C(=O)c3cccc(N)c3C2=O)ccc1Cl. The standard InChI is InChI=1S/C14H10ClN3O2/c15-9-5-4-7(6-11(9)17)18-13(19)8-2-1-3-10(16)12(8)14(18)20/h1-6H,16-17H2. The first-order chi connectivity index (χ1) is 9.50. The highest BCUT2D eigenvalue weighted by atomic mass is 35.5. The van der Waals surface area contributed by atoms with Crippen LogP contribution in [0.5, 0.6) is 0 Å². The molecule has 1 aliphatic rings. The molecule has 0 aromatic heterocycles. The van der Waals surface area contributed by atoms with Gasteiger partial charge in [0.2, 0.25) is 0 Å². The zero-order valence-corrected chi connectivity index (χ0v) is 11.0. The van der Waals surface area contributed by atoms with Crippen LogP contribution in [0.2, 0.25) is 5.02 Å². The molecule has 0 saturated carbocycles. The number of anilines is 3. The van der Waals surface area contributed by atoms with E-state index >= 15 is 0 Å².